The zero-order valence-electron chi connectivity index (χ0n) is 31.9. The van der Waals surface area contributed by atoms with Gasteiger partial charge in [0.15, 0.2) is 5.03 Å². The van der Waals surface area contributed by atoms with Crippen molar-refractivity contribution in [1.29, 1.82) is 0 Å². The number of amides is 5. The zero-order valence-corrected chi connectivity index (χ0v) is 32.7. The summed E-state index contributed by atoms with van der Waals surface area (Å²) in [6.07, 6.45) is 4.13. The fourth-order valence-corrected chi connectivity index (χ4v) is 7.13. The number of hydrogen-bond acceptors (Lipinski definition) is 8. The molecule has 5 atom stereocenters. The lowest BCUT2D eigenvalue weighted by atomic mass is 9.84. The van der Waals surface area contributed by atoms with E-state index in [-0.39, 0.29) is 42.9 Å². The third-order valence-corrected chi connectivity index (χ3v) is 10.9. The van der Waals surface area contributed by atoms with Gasteiger partial charge in [-0.1, -0.05) is 80.9 Å². The smallest absolute Gasteiger partial charge is 0.315 e. The summed E-state index contributed by atoms with van der Waals surface area (Å²) >= 11 is 0. The molecule has 1 aliphatic heterocycles. The Labute approximate surface area is 304 Å². The van der Waals surface area contributed by atoms with Crippen LogP contribution in [-0.4, -0.2) is 103 Å². The number of carbonyl (C=O) groups excluding carboxylic acids is 5. The summed E-state index contributed by atoms with van der Waals surface area (Å²) in [5.41, 5.74) is -1.39. The van der Waals surface area contributed by atoms with E-state index in [1.165, 1.54) is 30.3 Å². The number of hydrogen-bond donors (Lipinski definition) is 4. The van der Waals surface area contributed by atoms with Gasteiger partial charge in [0.1, 0.15) is 12.1 Å². The first kappa shape index (κ1) is 43.3. The van der Waals surface area contributed by atoms with E-state index in [1.807, 2.05) is 41.5 Å². The van der Waals surface area contributed by atoms with E-state index >= 15 is 0 Å². The van der Waals surface area contributed by atoms with Gasteiger partial charge in [0.25, 0.3) is 15.9 Å². The molecule has 4 N–H and O–H groups in total. The number of carbonyl (C=O) groups is 5. The monoisotopic (exact) mass is 733 g/mol. The van der Waals surface area contributed by atoms with Crippen molar-refractivity contribution in [2.75, 3.05) is 26.7 Å². The standard InChI is InChI=1S/C36H59N7O7S/c1-12-16-25(29(44)32(46)38-19-13-2)39-31(45)28-24(23(3)4)18-21-43(28)33(47)30(36(8,9)10)41-34(48)40-26(35(5,6)7)22-42(11)51(49,50)27-17-14-15-20-37-27/h13-15,17,20,23-26,28,30H,2,12,16,18-19,21-22H2,1,3-11H3,(H,38,46)(H,39,45)(H2,40,41,48)/t24?,25?,26-,28+,30-/m1/s1. The van der Waals surface area contributed by atoms with Gasteiger partial charge in [-0.2, -0.15) is 4.31 Å². The SMILES string of the molecule is C=CCNC(=O)C(=O)C(CCC)NC(=O)[C@@H]1C(C(C)C)CCN1C(=O)[C@@H](NC(=O)N[C@H](CN(C)S(=O)(=O)c1ccccn1)C(C)(C)C)C(C)(C)C. The quantitative estimate of drug-likeness (QED) is 0.148. The van der Waals surface area contributed by atoms with Gasteiger partial charge in [-0.3, -0.25) is 19.2 Å². The Hall–Kier alpha value is -3.85. The molecular weight excluding hydrogens is 675 g/mol. The minimum absolute atomic E-state index is 0.00556. The molecule has 1 aromatic rings. The van der Waals surface area contributed by atoms with Crippen LogP contribution in [0.2, 0.25) is 0 Å². The number of pyridine rings is 1. The summed E-state index contributed by atoms with van der Waals surface area (Å²) in [6, 6.07) is 0.151. The molecule has 0 spiro atoms. The molecule has 1 aliphatic rings. The molecule has 0 aliphatic carbocycles. The minimum atomic E-state index is -3.95. The van der Waals surface area contributed by atoms with E-state index in [1.54, 1.807) is 32.9 Å². The van der Waals surface area contributed by atoms with Gasteiger partial charge >= 0.3 is 6.03 Å². The normalized spacial score (nSPS) is 18.5. The minimum Gasteiger partial charge on any atom is -0.346 e. The van der Waals surface area contributed by atoms with Crippen LogP contribution in [-0.2, 0) is 29.2 Å². The highest BCUT2D eigenvalue weighted by Gasteiger charge is 2.48. The van der Waals surface area contributed by atoms with Crippen molar-refractivity contribution in [3.63, 3.8) is 0 Å². The Bertz CT molecular complexity index is 1500. The first-order valence-corrected chi connectivity index (χ1v) is 19.0. The van der Waals surface area contributed by atoms with Crippen LogP contribution < -0.4 is 21.3 Å². The van der Waals surface area contributed by atoms with Crippen molar-refractivity contribution in [2.45, 2.75) is 111 Å². The predicted octanol–water partition coefficient (Wildman–Crippen LogP) is 2.86. The first-order valence-electron chi connectivity index (χ1n) is 17.6. The number of sulfonamides is 1. The summed E-state index contributed by atoms with van der Waals surface area (Å²) in [4.78, 5) is 73.0. The lowest BCUT2D eigenvalue weighted by Gasteiger charge is -2.38. The van der Waals surface area contributed by atoms with E-state index in [0.29, 0.717) is 12.8 Å². The van der Waals surface area contributed by atoms with Crippen LogP contribution in [0.25, 0.3) is 0 Å². The third kappa shape index (κ3) is 11.6. The molecule has 0 saturated carbocycles. The second kappa shape index (κ2) is 18.1. The average molecular weight is 734 g/mol. The maximum Gasteiger partial charge on any atom is 0.315 e. The Kier molecular flexibility index (Phi) is 15.3. The van der Waals surface area contributed by atoms with Gasteiger partial charge in [-0.25, -0.2) is 18.2 Å². The van der Waals surface area contributed by atoms with Crippen LogP contribution in [0.15, 0.2) is 42.1 Å². The van der Waals surface area contributed by atoms with Crippen LogP contribution in [0.3, 0.4) is 0 Å². The topological polar surface area (TPSA) is 187 Å². The van der Waals surface area contributed by atoms with Gasteiger partial charge < -0.3 is 26.2 Å². The van der Waals surface area contributed by atoms with Crippen molar-refractivity contribution in [3.05, 3.63) is 37.1 Å². The maximum atomic E-state index is 14.4. The number of nitrogens with zero attached hydrogens (tertiary/aromatic N) is 3. The number of urea groups is 1. The molecule has 286 valence electrons. The van der Waals surface area contributed by atoms with Crippen molar-refractivity contribution in [2.24, 2.45) is 22.7 Å². The fourth-order valence-electron chi connectivity index (χ4n) is 6.02. The summed E-state index contributed by atoms with van der Waals surface area (Å²) in [5.74, 6) is -2.84. The lowest BCUT2D eigenvalue weighted by Crippen LogP contribution is -2.62. The molecule has 5 amide bonds. The number of rotatable bonds is 16. The molecule has 15 heteroatoms. The Morgan fingerprint density at radius 1 is 1.04 bits per heavy atom. The first-order chi connectivity index (χ1) is 23.6. The number of nitrogens with one attached hydrogen (secondary N) is 4. The van der Waals surface area contributed by atoms with E-state index in [0.717, 1.165) is 4.31 Å². The Morgan fingerprint density at radius 2 is 1.69 bits per heavy atom. The molecule has 1 aromatic heterocycles. The molecule has 1 saturated heterocycles. The second-order valence-corrected chi connectivity index (χ2v) is 17.7. The van der Waals surface area contributed by atoms with Gasteiger partial charge in [0.2, 0.25) is 17.6 Å². The zero-order chi connectivity index (χ0) is 38.9. The summed E-state index contributed by atoms with van der Waals surface area (Å²) < 4.78 is 27.6. The molecule has 14 nitrogen and oxygen atoms in total. The van der Waals surface area contributed by atoms with Gasteiger partial charge in [0.05, 0.1) is 6.04 Å². The van der Waals surface area contributed by atoms with E-state index in [2.05, 4.69) is 32.8 Å². The van der Waals surface area contributed by atoms with Crippen molar-refractivity contribution in [3.8, 4) is 0 Å². The molecule has 0 bridgehead atoms. The Morgan fingerprint density at radius 3 is 2.20 bits per heavy atom. The van der Waals surface area contributed by atoms with E-state index < -0.39 is 74.6 Å². The number of likely N-dealkylation sites (N-methyl/N-ethyl adjacent to an activating group) is 1. The molecule has 2 rings (SSSR count). The number of likely N-dealkylation sites (tertiary alicyclic amines) is 1. The van der Waals surface area contributed by atoms with Crippen LogP contribution in [0.1, 0.15) is 81.6 Å². The van der Waals surface area contributed by atoms with E-state index in [9.17, 15) is 32.4 Å². The van der Waals surface area contributed by atoms with Crippen LogP contribution >= 0.6 is 0 Å². The third-order valence-electron chi connectivity index (χ3n) is 9.18. The largest absolute Gasteiger partial charge is 0.346 e. The fraction of sp³-hybridized carbons (Fsp3) is 0.667. The van der Waals surface area contributed by atoms with Crippen molar-refractivity contribution in [1.82, 2.24) is 35.5 Å². The van der Waals surface area contributed by atoms with Crippen LogP contribution in [0.5, 0.6) is 0 Å². The van der Waals surface area contributed by atoms with Crippen LogP contribution in [0.4, 0.5) is 4.79 Å². The average Bonchev–Trinajstić information content (AvgIpc) is 3.50. The number of Topliss-reactive ketones (excluding diaryl/α,β-unsaturated/α-hetero) is 1. The van der Waals surface area contributed by atoms with Crippen molar-refractivity contribution < 1.29 is 32.4 Å². The summed E-state index contributed by atoms with van der Waals surface area (Å²) in [6.45, 7) is 20.6. The second-order valence-electron chi connectivity index (χ2n) is 15.7. The van der Waals surface area contributed by atoms with Gasteiger partial charge in [-0.05, 0) is 47.6 Å². The maximum absolute atomic E-state index is 14.4. The summed E-state index contributed by atoms with van der Waals surface area (Å²) in [7, 11) is -2.53. The Balaban J connectivity index is 2.34. The molecule has 2 heterocycles. The highest BCUT2D eigenvalue weighted by atomic mass is 32.2. The highest BCUT2D eigenvalue weighted by Crippen LogP contribution is 2.33. The lowest BCUT2D eigenvalue weighted by molar-refractivity contribution is -0.144. The predicted molar refractivity (Wildman–Crippen MR) is 196 cm³/mol. The molecule has 0 radical (unpaired) electrons. The van der Waals surface area contributed by atoms with Crippen LogP contribution in [0, 0.1) is 22.7 Å². The number of ketones is 1. The summed E-state index contributed by atoms with van der Waals surface area (Å²) in [5, 5.41) is 10.8. The molecule has 1 fully saturated rings. The molecular formula is C36H59N7O7S. The van der Waals surface area contributed by atoms with Gasteiger partial charge in [0, 0.05) is 38.9 Å². The highest BCUT2D eigenvalue weighted by molar-refractivity contribution is 7.89. The van der Waals surface area contributed by atoms with Crippen molar-refractivity contribution >= 4 is 39.6 Å². The molecule has 0 aromatic carbocycles. The molecule has 51 heavy (non-hydrogen) atoms. The van der Waals surface area contributed by atoms with E-state index in [4.69, 9.17) is 0 Å². The number of aromatic nitrogens is 1. The molecule has 2 unspecified atom stereocenters. The van der Waals surface area contributed by atoms with Gasteiger partial charge in [-0.15, -0.1) is 6.58 Å².